The largest absolute Gasteiger partial charge is 0.486 e. The van der Waals surface area contributed by atoms with Crippen LogP contribution in [0.4, 0.5) is 0 Å². The van der Waals surface area contributed by atoms with E-state index >= 15 is 0 Å². The lowest BCUT2D eigenvalue weighted by Crippen LogP contribution is -2.03. The second-order valence-electron chi connectivity index (χ2n) is 5.07. The quantitative estimate of drug-likeness (QED) is 0.825. The summed E-state index contributed by atoms with van der Waals surface area (Å²) in [7, 11) is 1.90. The van der Waals surface area contributed by atoms with E-state index in [1.165, 1.54) is 5.56 Å². The third-order valence-electron chi connectivity index (χ3n) is 3.51. The van der Waals surface area contributed by atoms with Crippen molar-refractivity contribution in [1.29, 1.82) is 0 Å². The first-order valence-electron chi connectivity index (χ1n) is 7.18. The molecule has 0 amide bonds. The maximum atomic E-state index is 5.74. The predicted octanol–water partition coefficient (Wildman–Crippen LogP) is 4.09. The van der Waals surface area contributed by atoms with E-state index in [4.69, 9.17) is 9.15 Å². The summed E-state index contributed by atoms with van der Waals surface area (Å²) in [6.45, 7) is 5.65. The minimum absolute atomic E-state index is 0.465. The molecule has 1 heterocycles. The third kappa shape index (κ3) is 3.87. The van der Waals surface area contributed by atoms with Gasteiger partial charge in [-0.1, -0.05) is 26.0 Å². The Morgan fingerprint density at radius 2 is 1.80 bits per heavy atom. The maximum absolute atomic E-state index is 5.74. The van der Waals surface area contributed by atoms with Crippen LogP contribution in [0, 0.1) is 0 Å². The van der Waals surface area contributed by atoms with Gasteiger partial charge in [0, 0.05) is 0 Å². The number of benzene rings is 1. The van der Waals surface area contributed by atoms with Gasteiger partial charge < -0.3 is 14.5 Å². The van der Waals surface area contributed by atoms with Gasteiger partial charge in [0.15, 0.2) is 0 Å². The van der Waals surface area contributed by atoms with Crippen molar-refractivity contribution in [2.75, 3.05) is 7.05 Å². The van der Waals surface area contributed by atoms with Crippen LogP contribution in [-0.2, 0) is 13.2 Å². The van der Waals surface area contributed by atoms with Gasteiger partial charge in [-0.3, -0.25) is 0 Å². The molecule has 2 aromatic rings. The average molecular weight is 273 g/mol. The minimum atomic E-state index is 0.465. The molecule has 0 aliphatic heterocycles. The SMILES string of the molecule is CCC(C)c1ccc(OCc2ccc(CNC)o2)cc1. The average Bonchev–Trinajstić information content (AvgIpc) is 2.93. The molecule has 1 unspecified atom stereocenters. The number of rotatable bonds is 7. The summed E-state index contributed by atoms with van der Waals surface area (Å²) < 4.78 is 11.4. The predicted molar refractivity (Wildman–Crippen MR) is 81.0 cm³/mol. The first-order valence-corrected chi connectivity index (χ1v) is 7.18. The molecule has 1 aromatic heterocycles. The van der Waals surface area contributed by atoms with Crippen LogP contribution in [-0.4, -0.2) is 7.05 Å². The number of hydrogen-bond donors (Lipinski definition) is 1. The van der Waals surface area contributed by atoms with Gasteiger partial charge in [-0.05, 0) is 49.2 Å². The summed E-state index contributed by atoms with van der Waals surface area (Å²) in [4.78, 5) is 0. The fourth-order valence-corrected chi connectivity index (χ4v) is 2.05. The van der Waals surface area contributed by atoms with E-state index in [1.807, 2.05) is 31.3 Å². The van der Waals surface area contributed by atoms with Crippen molar-refractivity contribution in [3.63, 3.8) is 0 Å². The Morgan fingerprint density at radius 1 is 1.10 bits per heavy atom. The molecule has 0 aliphatic carbocycles. The molecule has 1 N–H and O–H groups in total. The van der Waals surface area contributed by atoms with Gasteiger partial charge in [0.1, 0.15) is 23.9 Å². The highest BCUT2D eigenvalue weighted by molar-refractivity contribution is 5.29. The molecule has 0 aliphatic rings. The van der Waals surface area contributed by atoms with Crippen LogP contribution in [0.3, 0.4) is 0 Å². The van der Waals surface area contributed by atoms with Crippen molar-refractivity contribution in [2.45, 2.75) is 39.3 Å². The Hall–Kier alpha value is -1.74. The van der Waals surface area contributed by atoms with Crippen LogP contribution in [0.1, 0.15) is 43.3 Å². The summed E-state index contributed by atoms with van der Waals surface area (Å²) >= 11 is 0. The van der Waals surface area contributed by atoms with E-state index in [9.17, 15) is 0 Å². The summed E-state index contributed by atoms with van der Waals surface area (Å²) in [5.41, 5.74) is 1.36. The van der Waals surface area contributed by atoms with Crippen LogP contribution in [0.15, 0.2) is 40.8 Å². The zero-order chi connectivity index (χ0) is 14.4. The molecule has 0 saturated heterocycles. The van der Waals surface area contributed by atoms with Gasteiger partial charge in [0.25, 0.3) is 0 Å². The standard InChI is InChI=1S/C17H23NO2/c1-4-13(2)14-5-7-15(8-6-14)19-12-17-10-9-16(20-17)11-18-3/h5-10,13,18H,4,11-12H2,1-3H3. The lowest BCUT2D eigenvalue weighted by atomic mass is 9.99. The Balaban J connectivity index is 1.89. The molecule has 0 bridgehead atoms. The smallest absolute Gasteiger partial charge is 0.146 e. The molecule has 20 heavy (non-hydrogen) atoms. The van der Waals surface area contributed by atoms with Crippen LogP contribution < -0.4 is 10.1 Å². The molecular formula is C17H23NO2. The van der Waals surface area contributed by atoms with Gasteiger partial charge in [0.2, 0.25) is 0 Å². The van der Waals surface area contributed by atoms with Crippen molar-refractivity contribution < 1.29 is 9.15 Å². The van der Waals surface area contributed by atoms with E-state index in [1.54, 1.807) is 0 Å². The molecule has 0 saturated carbocycles. The highest BCUT2D eigenvalue weighted by Crippen LogP contribution is 2.22. The summed E-state index contributed by atoms with van der Waals surface area (Å²) in [5.74, 6) is 3.25. The van der Waals surface area contributed by atoms with E-state index < -0.39 is 0 Å². The van der Waals surface area contributed by atoms with Crippen LogP contribution in [0.2, 0.25) is 0 Å². The highest BCUT2D eigenvalue weighted by Gasteiger charge is 2.04. The Kier molecular flexibility index (Phi) is 5.24. The van der Waals surface area contributed by atoms with E-state index in [-0.39, 0.29) is 0 Å². The van der Waals surface area contributed by atoms with Gasteiger partial charge in [0.05, 0.1) is 6.54 Å². The van der Waals surface area contributed by atoms with Crippen molar-refractivity contribution in [2.24, 2.45) is 0 Å². The van der Waals surface area contributed by atoms with Crippen LogP contribution >= 0.6 is 0 Å². The fraction of sp³-hybridized carbons (Fsp3) is 0.412. The fourth-order valence-electron chi connectivity index (χ4n) is 2.05. The molecule has 0 radical (unpaired) electrons. The summed E-state index contributed by atoms with van der Waals surface area (Å²) in [5, 5.41) is 3.06. The number of hydrogen-bond acceptors (Lipinski definition) is 3. The number of furan rings is 1. The first-order chi connectivity index (χ1) is 9.72. The summed E-state index contributed by atoms with van der Waals surface area (Å²) in [6, 6.07) is 12.3. The molecular weight excluding hydrogens is 250 g/mol. The van der Waals surface area contributed by atoms with E-state index in [0.29, 0.717) is 12.5 Å². The zero-order valence-corrected chi connectivity index (χ0v) is 12.5. The summed E-state index contributed by atoms with van der Waals surface area (Å²) in [6.07, 6.45) is 1.15. The van der Waals surface area contributed by atoms with Crippen molar-refractivity contribution in [3.8, 4) is 5.75 Å². The van der Waals surface area contributed by atoms with E-state index in [2.05, 4.69) is 31.3 Å². The monoisotopic (exact) mass is 273 g/mol. The molecule has 1 aromatic carbocycles. The second kappa shape index (κ2) is 7.15. The van der Waals surface area contributed by atoms with Gasteiger partial charge in [-0.25, -0.2) is 0 Å². The number of ether oxygens (including phenoxy) is 1. The van der Waals surface area contributed by atoms with Gasteiger partial charge in [-0.15, -0.1) is 0 Å². The molecule has 0 fully saturated rings. The molecule has 2 rings (SSSR count). The number of nitrogens with one attached hydrogen (secondary N) is 1. The highest BCUT2D eigenvalue weighted by atomic mass is 16.5. The molecule has 1 atom stereocenters. The first kappa shape index (κ1) is 14.7. The molecule has 3 heteroatoms. The van der Waals surface area contributed by atoms with Crippen LogP contribution in [0.25, 0.3) is 0 Å². The normalized spacial score (nSPS) is 12.3. The molecule has 108 valence electrons. The van der Waals surface area contributed by atoms with Crippen LogP contribution in [0.5, 0.6) is 5.75 Å². The second-order valence-corrected chi connectivity index (χ2v) is 5.07. The van der Waals surface area contributed by atoms with Crippen molar-refractivity contribution in [1.82, 2.24) is 5.32 Å². The topological polar surface area (TPSA) is 34.4 Å². The molecule has 0 spiro atoms. The third-order valence-corrected chi connectivity index (χ3v) is 3.51. The molecule has 3 nitrogen and oxygen atoms in total. The lowest BCUT2D eigenvalue weighted by Gasteiger charge is -2.10. The van der Waals surface area contributed by atoms with Crippen molar-refractivity contribution >= 4 is 0 Å². The Labute approximate surface area is 121 Å². The van der Waals surface area contributed by atoms with Gasteiger partial charge >= 0.3 is 0 Å². The van der Waals surface area contributed by atoms with Crippen molar-refractivity contribution in [3.05, 3.63) is 53.5 Å². The van der Waals surface area contributed by atoms with E-state index in [0.717, 1.165) is 30.2 Å². The zero-order valence-electron chi connectivity index (χ0n) is 12.5. The van der Waals surface area contributed by atoms with Gasteiger partial charge in [-0.2, -0.15) is 0 Å². The lowest BCUT2D eigenvalue weighted by molar-refractivity contribution is 0.265. The minimum Gasteiger partial charge on any atom is -0.486 e. The maximum Gasteiger partial charge on any atom is 0.146 e. The Bertz CT molecular complexity index is 516. The Morgan fingerprint density at radius 3 is 2.45 bits per heavy atom.